The summed E-state index contributed by atoms with van der Waals surface area (Å²) in [4.78, 5) is 20.3. The first-order valence-corrected chi connectivity index (χ1v) is 17.5. The number of aryl methyl sites for hydroxylation is 1. The van der Waals surface area contributed by atoms with Gasteiger partial charge in [-0.3, -0.25) is 9.63 Å². The summed E-state index contributed by atoms with van der Waals surface area (Å²) in [5, 5.41) is 29.5. The summed E-state index contributed by atoms with van der Waals surface area (Å²) in [6.45, 7) is 17.6. The lowest BCUT2D eigenvalue weighted by Crippen LogP contribution is -2.62. The molecule has 1 saturated heterocycles. The van der Waals surface area contributed by atoms with Crippen molar-refractivity contribution in [1.29, 1.82) is 0 Å². The van der Waals surface area contributed by atoms with Gasteiger partial charge in [0.25, 0.3) is 0 Å². The lowest BCUT2D eigenvalue weighted by Gasteiger charge is -2.62. The molecule has 6 rings (SSSR count). The van der Waals surface area contributed by atoms with Crippen molar-refractivity contribution in [2.75, 3.05) is 20.3 Å². The quantitative estimate of drug-likeness (QED) is 0.145. The standard InChI is InChI=1S/C40H55N3O5/c1-8-29(20-25(2)41-19-13-16-28-14-10-9-11-15-28)32-18-12-17-30(38(32)47-7)23-43-37(36(27(4)45)35(24-44)48-43)39(46)42-34-22-31-21-33(26(34)3)40(31,5)6/h8-12,14-15,17-18,20,26-27,31,33-37,41,44-45H,1-2,13,16,19,21-24H2,3-7H3,(H,42,46)/b29-20+/t26-,27-,31+,33-,34-,35-,36-,37-/m0/s1. The Bertz CT molecular complexity index is 1470. The van der Waals surface area contributed by atoms with Gasteiger partial charge in [0.1, 0.15) is 17.9 Å². The molecule has 0 radical (unpaired) electrons. The largest absolute Gasteiger partial charge is 0.496 e. The Morgan fingerprint density at radius 3 is 2.56 bits per heavy atom. The number of fused-ring (bicyclic) bond motifs is 2. The van der Waals surface area contributed by atoms with E-state index in [2.05, 4.69) is 68.8 Å². The SMILES string of the molecule is C=C/C(=C\C(=C)NCCCc1ccccc1)c1cccc(CN2O[C@@H](CO)[C@H]([C@H](C)O)[C@H]2C(=O)N[C@H]2C[C@H]3C[C@@H]([C@@H]2C)C3(C)C)c1OC. The zero-order valence-corrected chi connectivity index (χ0v) is 29.3. The topological polar surface area (TPSA) is 103 Å². The van der Waals surface area contributed by atoms with Gasteiger partial charge in [-0.15, -0.1) is 0 Å². The molecular weight excluding hydrogens is 602 g/mol. The van der Waals surface area contributed by atoms with Crippen LogP contribution in [0.5, 0.6) is 5.75 Å². The van der Waals surface area contributed by atoms with Crippen LogP contribution in [0, 0.1) is 29.1 Å². The number of aliphatic hydroxyl groups excluding tert-OH is 2. The van der Waals surface area contributed by atoms with Crippen molar-refractivity contribution in [3.05, 3.63) is 96.2 Å². The van der Waals surface area contributed by atoms with Crippen LogP contribution in [0.3, 0.4) is 0 Å². The summed E-state index contributed by atoms with van der Waals surface area (Å²) in [5.41, 5.74) is 4.87. The fraction of sp³-hybridized carbons (Fsp3) is 0.525. The number of aliphatic hydroxyl groups is 2. The highest BCUT2D eigenvalue weighted by Crippen LogP contribution is 2.61. The number of hydrogen-bond donors (Lipinski definition) is 4. The van der Waals surface area contributed by atoms with E-state index >= 15 is 0 Å². The second-order valence-corrected chi connectivity index (χ2v) is 14.6. The number of nitrogens with one attached hydrogen (secondary N) is 2. The van der Waals surface area contributed by atoms with Crippen molar-refractivity contribution in [3.8, 4) is 5.75 Å². The maximum absolute atomic E-state index is 14.1. The van der Waals surface area contributed by atoms with E-state index in [4.69, 9.17) is 9.57 Å². The van der Waals surface area contributed by atoms with E-state index in [1.165, 1.54) is 12.0 Å². The van der Waals surface area contributed by atoms with Crippen LogP contribution in [0.1, 0.15) is 63.6 Å². The van der Waals surface area contributed by atoms with Gasteiger partial charge in [-0.25, -0.2) is 0 Å². The Morgan fingerprint density at radius 2 is 1.94 bits per heavy atom. The number of carbonyl (C=O) groups is 1. The van der Waals surface area contributed by atoms with Crippen molar-refractivity contribution < 1.29 is 24.6 Å². The van der Waals surface area contributed by atoms with Gasteiger partial charge in [0.05, 0.1) is 26.4 Å². The number of hydrogen-bond acceptors (Lipinski definition) is 7. The fourth-order valence-corrected chi connectivity index (χ4v) is 8.50. The van der Waals surface area contributed by atoms with Crippen LogP contribution in [0.4, 0.5) is 0 Å². The van der Waals surface area contributed by atoms with Crippen LogP contribution in [0.15, 0.2) is 79.5 Å². The monoisotopic (exact) mass is 657 g/mol. The number of allylic oxidation sites excluding steroid dienone is 3. The lowest BCUT2D eigenvalue weighted by molar-refractivity contribution is -0.183. The van der Waals surface area contributed by atoms with Crippen molar-refractivity contribution in [2.24, 2.45) is 29.1 Å². The molecule has 2 aromatic carbocycles. The number of methoxy groups -OCH3 is 1. The van der Waals surface area contributed by atoms with Gasteiger partial charge in [0.15, 0.2) is 0 Å². The molecule has 2 bridgehead atoms. The van der Waals surface area contributed by atoms with E-state index in [1.807, 2.05) is 30.3 Å². The summed E-state index contributed by atoms with van der Waals surface area (Å²) in [6.07, 6.45) is 6.29. The third kappa shape index (κ3) is 7.42. The van der Waals surface area contributed by atoms with Gasteiger partial charge in [-0.05, 0) is 73.0 Å². The molecule has 48 heavy (non-hydrogen) atoms. The van der Waals surface area contributed by atoms with Crippen molar-refractivity contribution >= 4 is 11.5 Å². The summed E-state index contributed by atoms with van der Waals surface area (Å²) in [5.74, 6) is 1.38. The Morgan fingerprint density at radius 1 is 1.19 bits per heavy atom. The molecule has 2 aromatic rings. The molecule has 260 valence electrons. The molecule has 8 atom stereocenters. The summed E-state index contributed by atoms with van der Waals surface area (Å²) >= 11 is 0. The number of carbonyl (C=O) groups excluding carboxylic acids is 1. The van der Waals surface area contributed by atoms with Crippen molar-refractivity contribution in [3.63, 3.8) is 0 Å². The number of rotatable bonds is 15. The smallest absolute Gasteiger partial charge is 0.240 e. The van der Waals surface area contributed by atoms with E-state index in [1.54, 1.807) is 25.2 Å². The van der Waals surface area contributed by atoms with Crippen LogP contribution in [0.2, 0.25) is 0 Å². The Kier molecular flexibility index (Phi) is 11.5. The Labute approximate surface area is 286 Å². The molecule has 8 heteroatoms. The zero-order valence-electron chi connectivity index (χ0n) is 29.3. The maximum Gasteiger partial charge on any atom is 0.240 e. The van der Waals surface area contributed by atoms with Crippen LogP contribution in [-0.2, 0) is 22.6 Å². The summed E-state index contributed by atoms with van der Waals surface area (Å²) < 4.78 is 5.97. The highest BCUT2D eigenvalue weighted by Gasteiger charge is 2.57. The third-order valence-corrected chi connectivity index (χ3v) is 11.4. The van der Waals surface area contributed by atoms with E-state index in [0.29, 0.717) is 28.9 Å². The number of hydroxylamine groups is 2. The van der Waals surface area contributed by atoms with Gasteiger partial charge in [0, 0.05) is 35.3 Å². The highest BCUT2D eigenvalue weighted by molar-refractivity contribution is 5.83. The molecule has 4 N–H and O–H groups in total. The third-order valence-electron chi connectivity index (χ3n) is 11.4. The normalized spacial score (nSPS) is 28.6. The minimum atomic E-state index is -0.867. The Balaban J connectivity index is 1.32. The second kappa shape index (κ2) is 15.4. The molecular formula is C40H55N3O5. The maximum atomic E-state index is 14.1. The molecule has 3 aliphatic carbocycles. The number of nitrogens with zero attached hydrogens (tertiary/aromatic N) is 1. The average Bonchev–Trinajstić information content (AvgIpc) is 3.45. The van der Waals surface area contributed by atoms with Gasteiger partial charge >= 0.3 is 0 Å². The van der Waals surface area contributed by atoms with Crippen LogP contribution < -0.4 is 15.4 Å². The molecule has 1 heterocycles. The van der Waals surface area contributed by atoms with E-state index in [-0.39, 0.29) is 25.1 Å². The first-order chi connectivity index (χ1) is 23.0. The summed E-state index contributed by atoms with van der Waals surface area (Å²) in [7, 11) is 1.63. The summed E-state index contributed by atoms with van der Waals surface area (Å²) in [6, 6.07) is 15.6. The number of amides is 1. The van der Waals surface area contributed by atoms with Gasteiger partial charge in [-0.2, -0.15) is 5.06 Å². The van der Waals surface area contributed by atoms with Gasteiger partial charge in [-0.1, -0.05) is 88.5 Å². The molecule has 3 saturated carbocycles. The van der Waals surface area contributed by atoms with E-state index in [0.717, 1.165) is 48.2 Å². The molecule has 0 spiro atoms. The average molecular weight is 658 g/mol. The molecule has 8 nitrogen and oxygen atoms in total. The first kappa shape index (κ1) is 35.9. The molecule has 4 aliphatic rings. The van der Waals surface area contributed by atoms with Crippen LogP contribution in [-0.4, -0.2) is 65.7 Å². The van der Waals surface area contributed by atoms with Gasteiger partial charge < -0.3 is 25.6 Å². The number of ether oxygens (including phenoxy) is 1. The minimum absolute atomic E-state index is 0.0668. The molecule has 0 unspecified atom stereocenters. The second-order valence-electron chi connectivity index (χ2n) is 14.6. The molecule has 1 aliphatic heterocycles. The zero-order chi connectivity index (χ0) is 34.6. The molecule has 4 fully saturated rings. The van der Waals surface area contributed by atoms with E-state index < -0.39 is 24.2 Å². The van der Waals surface area contributed by atoms with Gasteiger partial charge in [0.2, 0.25) is 5.91 Å². The number of benzene rings is 2. The van der Waals surface area contributed by atoms with Crippen molar-refractivity contribution in [2.45, 2.75) is 84.2 Å². The lowest BCUT2D eigenvalue weighted by atomic mass is 9.45. The van der Waals surface area contributed by atoms with E-state index in [9.17, 15) is 15.0 Å². The predicted molar refractivity (Wildman–Crippen MR) is 191 cm³/mol. The van der Waals surface area contributed by atoms with Crippen LogP contribution >= 0.6 is 0 Å². The fourth-order valence-electron chi connectivity index (χ4n) is 8.50. The first-order valence-electron chi connectivity index (χ1n) is 17.5. The number of para-hydroxylation sites is 1. The minimum Gasteiger partial charge on any atom is -0.496 e. The molecule has 1 amide bonds. The Hall–Kier alpha value is -3.43. The highest BCUT2D eigenvalue weighted by atomic mass is 16.7. The predicted octanol–water partition coefficient (Wildman–Crippen LogP) is 5.66. The molecule has 0 aromatic heterocycles. The van der Waals surface area contributed by atoms with Crippen LogP contribution in [0.25, 0.3) is 5.57 Å². The van der Waals surface area contributed by atoms with Crippen molar-refractivity contribution in [1.82, 2.24) is 15.7 Å².